The summed E-state index contributed by atoms with van der Waals surface area (Å²) in [7, 11) is 3.88. The van der Waals surface area contributed by atoms with E-state index in [0.717, 1.165) is 61.5 Å². The lowest BCUT2D eigenvalue weighted by Crippen LogP contribution is -2.55. The number of benzene rings is 1. The van der Waals surface area contributed by atoms with E-state index in [4.69, 9.17) is 19.4 Å². The molecule has 1 aromatic carbocycles. The van der Waals surface area contributed by atoms with Crippen LogP contribution in [0.5, 0.6) is 11.8 Å². The van der Waals surface area contributed by atoms with Crippen LogP contribution in [0.1, 0.15) is 49.4 Å². The molecule has 2 fully saturated rings. The second kappa shape index (κ2) is 13.8. The number of carbonyl (C=O) groups is 1. The first-order valence-corrected chi connectivity index (χ1v) is 15.9. The minimum Gasteiger partial charge on any atom is -0.496 e. The monoisotopic (exact) mass is 590 g/mol. The quantitative estimate of drug-likeness (QED) is 0.376. The van der Waals surface area contributed by atoms with Gasteiger partial charge in [-0.3, -0.25) is 4.79 Å². The molecule has 0 aliphatic carbocycles. The number of hydrogen-bond acceptors (Lipinski definition) is 9. The van der Waals surface area contributed by atoms with Crippen molar-refractivity contribution in [1.29, 1.82) is 5.26 Å². The van der Waals surface area contributed by atoms with Crippen molar-refractivity contribution in [3.63, 3.8) is 0 Å². The molecular weight excluding hydrogens is 548 g/mol. The molecule has 1 amide bonds. The van der Waals surface area contributed by atoms with E-state index in [1.165, 1.54) is 23.0 Å². The van der Waals surface area contributed by atoms with Gasteiger partial charge in [0, 0.05) is 53.4 Å². The highest BCUT2D eigenvalue weighted by atomic mass is 32.2. The molecular formula is C32H42N6O3S. The van der Waals surface area contributed by atoms with Crippen LogP contribution in [0.2, 0.25) is 0 Å². The zero-order chi connectivity index (χ0) is 29.6. The van der Waals surface area contributed by atoms with Crippen molar-refractivity contribution < 1.29 is 14.3 Å². The average Bonchev–Trinajstić information content (AvgIpc) is 3.43. The number of nitrogens with zero attached hydrogens (tertiary/aromatic N) is 6. The molecule has 3 aliphatic heterocycles. The summed E-state index contributed by atoms with van der Waals surface area (Å²) in [6.07, 6.45) is 7.49. The Labute approximate surface area is 253 Å². The van der Waals surface area contributed by atoms with Gasteiger partial charge < -0.3 is 24.2 Å². The van der Waals surface area contributed by atoms with E-state index in [1.807, 2.05) is 17.8 Å². The number of likely N-dealkylation sites (tertiary alicyclic amines) is 1. The van der Waals surface area contributed by atoms with E-state index in [0.29, 0.717) is 43.5 Å². The van der Waals surface area contributed by atoms with Crippen LogP contribution >= 0.6 is 11.8 Å². The number of hydrogen-bond donors (Lipinski definition) is 0. The van der Waals surface area contributed by atoms with E-state index in [1.54, 1.807) is 12.0 Å². The third-order valence-corrected chi connectivity index (χ3v) is 10.2. The molecule has 0 radical (unpaired) electrons. The fourth-order valence-electron chi connectivity index (χ4n) is 6.44. The van der Waals surface area contributed by atoms with Crippen molar-refractivity contribution in [2.24, 2.45) is 0 Å². The average molecular weight is 591 g/mol. The zero-order valence-corrected chi connectivity index (χ0v) is 25.9. The molecule has 224 valence electrons. The zero-order valence-electron chi connectivity index (χ0n) is 25.1. The van der Waals surface area contributed by atoms with Gasteiger partial charge in [-0.1, -0.05) is 19.6 Å². The largest absolute Gasteiger partial charge is 0.496 e. The number of anilines is 1. The fourth-order valence-corrected chi connectivity index (χ4v) is 7.78. The Kier molecular flexibility index (Phi) is 9.91. The normalized spacial score (nSPS) is 22.4. The number of fused-ring (bicyclic) bond motifs is 1. The van der Waals surface area contributed by atoms with Crippen molar-refractivity contribution in [3.05, 3.63) is 47.7 Å². The summed E-state index contributed by atoms with van der Waals surface area (Å²) < 4.78 is 11.9. The molecule has 9 nitrogen and oxygen atoms in total. The van der Waals surface area contributed by atoms with Crippen molar-refractivity contribution in [2.45, 2.75) is 74.1 Å². The van der Waals surface area contributed by atoms with Gasteiger partial charge >= 0.3 is 6.01 Å². The molecule has 3 aliphatic rings. The molecule has 2 aromatic rings. The number of piperazine rings is 1. The molecule has 1 aromatic heterocycles. The van der Waals surface area contributed by atoms with Gasteiger partial charge in [0.15, 0.2) is 0 Å². The number of nitriles is 1. The summed E-state index contributed by atoms with van der Waals surface area (Å²) >= 11 is 1.90. The number of aromatic nitrogens is 2. The lowest BCUT2D eigenvalue weighted by atomic mass is 10.0. The van der Waals surface area contributed by atoms with Crippen LogP contribution in [-0.4, -0.2) is 90.0 Å². The van der Waals surface area contributed by atoms with Crippen LogP contribution in [0.15, 0.2) is 35.7 Å². The molecule has 0 N–H and O–H groups in total. The third kappa shape index (κ3) is 6.52. The maximum Gasteiger partial charge on any atom is 0.318 e. The molecule has 2 saturated heterocycles. The lowest BCUT2D eigenvalue weighted by Gasteiger charge is -2.41. The number of amides is 1. The van der Waals surface area contributed by atoms with Gasteiger partial charge in [0.2, 0.25) is 5.91 Å². The number of methoxy groups -OCH3 is 1. The van der Waals surface area contributed by atoms with Gasteiger partial charge in [0.05, 0.1) is 31.3 Å². The Bertz CT molecular complexity index is 1330. The summed E-state index contributed by atoms with van der Waals surface area (Å²) in [6, 6.07) is 9.11. The predicted molar refractivity (Wildman–Crippen MR) is 165 cm³/mol. The summed E-state index contributed by atoms with van der Waals surface area (Å²) in [5.41, 5.74) is 3.44. The summed E-state index contributed by atoms with van der Waals surface area (Å²) in [4.78, 5) is 30.2. The lowest BCUT2D eigenvalue weighted by molar-refractivity contribution is -0.128. The van der Waals surface area contributed by atoms with E-state index < -0.39 is 0 Å². The number of rotatable bonds is 10. The standard InChI is InChI=1S/C32H42N6O3S/c1-5-25-27(19-24-12-13-26-28(40-4)10-7-11-29(26)42-24)34-32(41-21-23-9-8-16-36(23)3)35-31(25)37-17-18-38(30(39)6-2)22(20-37)14-15-33/h6-7,10-11,22-24H,2,5,8-9,12-14,16-21H2,1,3-4H3/t22?,23?,24-/m1/s1. The minimum absolute atomic E-state index is 0.134. The van der Waals surface area contributed by atoms with E-state index >= 15 is 0 Å². The molecule has 2 unspecified atom stereocenters. The van der Waals surface area contributed by atoms with Gasteiger partial charge in [-0.25, -0.2) is 0 Å². The number of carbonyl (C=O) groups excluding carboxylic acids is 1. The highest BCUT2D eigenvalue weighted by Gasteiger charge is 2.33. The smallest absolute Gasteiger partial charge is 0.318 e. The molecule has 0 saturated carbocycles. The number of likely N-dealkylation sites (N-methyl/N-ethyl adjacent to an activating group) is 1. The Morgan fingerprint density at radius 3 is 2.81 bits per heavy atom. The molecule has 42 heavy (non-hydrogen) atoms. The van der Waals surface area contributed by atoms with Crippen molar-refractivity contribution in [2.75, 3.05) is 51.8 Å². The Balaban J connectivity index is 1.44. The van der Waals surface area contributed by atoms with Gasteiger partial charge in [-0.05, 0) is 63.9 Å². The number of thioether (sulfide) groups is 1. The Morgan fingerprint density at radius 2 is 2.10 bits per heavy atom. The highest BCUT2D eigenvalue weighted by Crippen LogP contribution is 2.41. The van der Waals surface area contributed by atoms with Crippen LogP contribution in [0.3, 0.4) is 0 Å². The molecule has 3 atom stereocenters. The summed E-state index contributed by atoms with van der Waals surface area (Å²) in [6.45, 7) is 9.13. The van der Waals surface area contributed by atoms with E-state index in [2.05, 4.69) is 48.6 Å². The molecule has 4 heterocycles. The Morgan fingerprint density at radius 1 is 1.24 bits per heavy atom. The Hall–Kier alpha value is -3.29. The van der Waals surface area contributed by atoms with Gasteiger partial charge in [-0.15, -0.1) is 11.8 Å². The van der Waals surface area contributed by atoms with Crippen LogP contribution in [-0.2, 0) is 24.1 Å². The molecule has 0 spiro atoms. The third-order valence-electron chi connectivity index (χ3n) is 8.79. The number of ether oxygens (including phenoxy) is 2. The van der Waals surface area contributed by atoms with Crippen LogP contribution < -0.4 is 14.4 Å². The molecule has 0 bridgehead atoms. The summed E-state index contributed by atoms with van der Waals surface area (Å²) in [5.74, 6) is 1.70. The van der Waals surface area contributed by atoms with Crippen LogP contribution in [0.25, 0.3) is 0 Å². The van der Waals surface area contributed by atoms with Crippen LogP contribution in [0, 0.1) is 11.3 Å². The van der Waals surface area contributed by atoms with Gasteiger partial charge in [0.25, 0.3) is 0 Å². The maximum absolute atomic E-state index is 12.5. The van der Waals surface area contributed by atoms with Crippen molar-refractivity contribution >= 4 is 23.5 Å². The SMILES string of the molecule is C=CC(=O)N1CCN(c2nc(OCC3CCCN3C)nc(C[C@H]3CCc4c(OC)cccc4S3)c2CC)CC1CC#N. The summed E-state index contributed by atoms with van der Waals surface area (Å²) in [5, 5.41) is 9.90. The first-order valence-electron chi connectivity index (χ1n) is 15.1. The first-order chi connectivity index (χ1) is 20.4. The van der Waals surface area contributed by atoms with E-state index in [-0.39, 0.29) is 18.4 Å². The second-order valence-corrected chi connectivity index (χ2v) is 12.7. The van der Waals surface area contributed by atoms with Crippen molar-refractivity contribution in [3.8, 4) is 17.8 Å². The van der Waals surface area contributed by atoms with Gasteiger partial charge in [-0.2, -0.15) is 15.2 Å². The maximum atomic E-state index is 12.5. The topological polar surface area (TPSA) is 94.8 Å². The van der Waals surface area contributed by atoms with Crippen molar-refractivity contribution in [1.82, 2.24) is 19.8 Å². The second-order valence-electron chi connectivity index (χ2n) is 11.3. The fraction of sp³-hybridized carbons (Fsp3) is 0.562. The predicted octanol–water partition coefficient (Wildman–Crippen LogP) is 4.29. The van der Waals surface area contributed by atoms with Crippen LogP contribution in [0.4, 0.5) is 5.82 Å². The molecule has 5 rings (SSSR count). The highest BCUT2D eigenvalue weighted by molar-refractivity contribution is 8.00. The molecule has 10 heteroatoms. The van der Waals surface area contributed by atoms with Gasteiger partial charge in [0.1, 0.15) is 18.2 Å². The van der Waals surface area contributed by atoms with E-state index in [9.17, 15) is 10.1 Å². The first kappa shape index (κ1) is 30.2. The minimum atomic E-state index is -0.228.